The van der Waals surface area contributed by atoms with Gasteiger partial charge in [-0.2, -0.15) is 4.98 Å². The number of hydrogen-bond donors (Lipinski definition) is 2. The molecule has 3 N–H and O–H groups in total. The summed E-state index contributed by atoms with van der Waals surface area (Å²) in [6.07, 6.45) is 0. The van der Waals surface area contributed by atoms with Crippen molar-refractivity contribution in [1.82, 2.24) is 4.98 Å². The Bertz CT molecular complexity index is 1240. The number of oxazole rings is 1. The Labute approximate surface area is 159 Å². The lowest BCUT2D eigenvalue weighted by atomic mass is 10.3. The van der Waals surface area contributed by atoms with E-state index in [2.05, 4.69) is 9.71 Å². The van der Waals surface area contributed by atoms with Crippen molar-refractivity contribution in [2.75, 3.05) is 10.5 Å². The van der Waals surface area contributed by atoms with E-state index in [1.807, 2.05) is 0 Å². The first kappa shape index (κ1) is 17.8. The third kappa shape index (κ3) is 3.47. The van der Waals surface area contributed by atoms with Gasteiger partial charge in [0.05, 0.1) is 0 Å². The standard InChI is InChI=1S/C19H14FN3O4S/c20-13-11-12(21)9-10-15(13)26-17-7-3-4-8-18(17)28(24,25)23-19-22-14-5-1-2-6-16(14)27-19/h1-11H,21H2,(H,22,23). The molecule has 4 aromatic rings. The van der Waals surface area contributed by atoms with Crippen molar-refractivity contribution >= 4 is 32.8 Å². The lowest BCUT2D eigenvalue weighted by Crippen LogP contribution is -2.14. The van der Waals surface area contributed by atoms with Gasteiger partial charge in [-0.1, -0.05) is 24.3 Å². The van der Waals surface area contributed by atoms with E-state index in [1.165, 1.54) is 30.3 Å². The fourth-order valence-corrected chi connectivity index (χ4v) is 3.62. The third-order valence-corrected chi connectivity index (χ3v) is 5.19. The van der Waals surface area contributed by atoms with E-state index in [9.17, 15) is 12.8 Å². The molecule has 0 fully saturated rings. The molecular formula is C19H14FN3O4S. The van der Waals surface area contributed by atoms with Gasteiger partial charge in [0, 0.05) is 11.8 Å². The summed E-state index contributed by atoms with van der Waals surface area (Å²) in [7, 11) is -4.11. The van der Waals surface area contributed by atoms with Crippen molar-refractivity contribution < 1.29 is 22.0 Å². The number of aromatic nitrogens is 1. The molecule has 0 radical (unpaired) electrons. The molecule has 3 aromatic carbocycles. The summed E-state index contributed by atoms with van der Waals surface area (Å²) in [6, 6.07) is 16.4. The summed E-state index contributed by atoms with van der Waals surface area (Å²) >= 11 is 0. The number of nitrogens with one attached hydrogen (secondary N) is 1. The van der Waals surface area contributed by atoms with Crippen molar-refractivity contribution in [3.05, 3.63) is 72.5 Å². The summed E-state index contributed by atoms with van der Waals surface area (Å²) in [5, 5.41) is 0. The number of benzene rings is 3. The second-order valence-corrected chi connectivity index (χ2v) is 7.48. The SMILES string of the molecule is Nc1ccc(Oc2ccccc2S(=O)(=O)Nc2nc3ccccc3o2)c(F)c1. The van der Waals surface area contributed by atoms with E-state index < -0.39 is 15.8 Å². The largest absolute Gasteiger partial charge is 0.453 e. The van der Waals surface area contributed by atoms with E-state index in [0.717, 1.165) is 6.07 Å². The zero-order valence-corrected chi connectivity index (χ0v) is 15.1. The minimum absolute atomic E-state index is 0.0604. The first-order valence-electron chi connectivity index (χ1n) is 8.13. The number of sulfonamides is 1. The fraction of sp³-hybridized carbons (Fsp3) is 0. The third-order valence-electron chi connectivity index (χ3n) is 3.83. The summed E-state index contributed by atoms with van der Waals surface area (Å²) in [4.78, 5) is 3.89. The Balaban J connectivity index is 1.68. The summed E-state index contributed by atoms with van der Waals surface area (Å²) in [5.41, 5.74) is 6.69. The van der Waals surface area contributed by atoms with Crippen LogP contribution in [0.1, 0.15) is 0 Å². The van der Waals surface area contributed by atoms with Crippen LogP contribution < -0.4 is 15.2 Å². The fourth-order valence-electron chi connectivity index (χ4n) is 2.56. The van der Waals surface area contributed by atoms with E-state index in [0.29, 0.717) is 11.1 Å². The van der Waals surface area contributed by atoms with Crippen LogP contribution >= 0.6 is 0 Å². The molecule has 7 nitrogen and oxygen atoms in total. The topological polar surface area (TPSA) is 107 Å². The van der Waals surface area contributed by atoms with Crippen LogP contribution in [0.25, 0.3) is 11.1 Å². The van der Waals surface area contributed by atoms with Crippen LogP contribution in [0.3, 0.4) is 0 Å². The molecule has 0 aliphatic carbocycles. The first-order valence-corrected chi connectivity index (χ1v) is 9.61. The average molecular weight is 399 g/mol. The highest BCUT2D eigenvalue weighted by molar-refractivity contribution is 7.92. The Hall–Kier alpha value is -3.59. The van der Waals surface area contributed by atoms with Gasteiger partial charge in [-0.05, 0) is 36.4 Å². The molecule has 0 saturated carbocycles. The minimum Gasteiger partial charge on any atom is -0.453 e. The Kier molecular flexibility index (Phi) is 4.36. The summed E-state index contributed by atoms with van der Waals surface area (Å²) in [6.45, 7) is 0. The molecule has 1 heterocycles. The number of para-hydroxylation sites is 3. The van der Waals surface area contributed by atoms with Gasteiger partial charge in [0.1, 0.15) is 16.2 Å². The van der Waals surface area contributed by atoms with Gasteiger partial charge in [0.15, 0.2) is 17.1 Å². The van der Waals surface area contributed by atoms with Crippen molar-refractivity contribution in [2.45, 2.75) is 4.90 Å². The molecule has 0 unspecified atom stereocenters. The van der Waals surface area contributed by atoms with Gasteiger partial charge in [0.25, 0.3) is 10.0 Å². The van der Waals surface area contributed by atoms with Crippen molar-refractivity contribution in [2.24, 2.45) is 0 Å². The molecule has 0 bridgehead atoms. The number of ether oxygens (including phenoxy) is 1. The lowest BCUT2D eigenvalue weighted by molar-refractivity contribution is 0.432. The number of nitrogen functional groups attached to an aromatic ring is 1. The van der Waals surface area contributed by atoms with Crippen molar-refractivity contribution in [1.29, 1.82) is 0 Å². The van der Waals surface area contributed by atoms with Crippen LogP contribution in [0, 0.1) is 5.82 Å². The van der Waals surface area contributed by atoms with Gasteiger partial charge >= 0.3 is 6.01 Å². The number of rotatable bonds is 5. The highest BCUT2D eigenvalue weighted by Gasteiger charge is 2.23. The molecule has 0 saturated heterocycles. The van der Waals surface area contributed by atoms with Crippen LogP contribution in [0.4, 0.5) is 16.1 Å². The zero-order valence-electron chi connectivity index (χ0n) is 14.3. The maximum atomic E-state index is 14.0. The monoisotopic (exact) mass is 399 g/mol. The highest BCUT2D eigenvalue weighted by atomic mass is 32.2. The molecule has 28 heavy (non-hydrogen) atoms. The van der Waals surface area contributed by atoms with Gasteiger partial charge < -0.3 is 14.9 Å². The molecule has 9 heteroatoms. The van der Waals surface area contributed by atoms with E-state index in [4.69, 9.17) is 14.9 Å². The molecular weight excluding hydrogens is 385 g/mol. The molecule has 1 aromatic heterocycles. The predicted octanol–water partition coefficient (Wildman–Crippen LogP) is 4.14. The lowest BCUT2D eigenvalue weighted by Gasteiger charge is -2.12. The molecule has 142 valence electrons. The summed E-state index contributed by atoms with van der Waals surface area (Å²) in [5.74, 6) is -0.924. The van der Waals surface area contributed by atoms with Crippen LogP contribution in [0.2, 0.25) is 0 Å². The van der Waals surface area contributed by atoms with E-state index in [-0.39, 0.29) is 28.1 Å². The molecule has 0 spiro atoms. The minimum atomic E-state index is -4.11. The first-order chi connectivity index (χ1) is 13.4. The van der Waals surface area contributed by atoms with Gasteiger partial charge in [-0.25, -0.2) is 17.5 Å². The van der Waals surface area contributed by atoms with Crippen LogP contribution in [0.15, 0.2) is 76.0 Å². The summed E-state index contributed by atoms with van der Waals surface area (Å²) < 4.78 is 52.8. The van der Waals surface area contributed by atoms with Gasteiger partial charge in [-0.15, -0.1) is 0 Å². The normalized spacial score (nSPS) is 11.5. The molecule has 0 aliphatic rings. The highest BCUT2D eigenvalue weighted by Crippen LogP contribution is 2.32. The number of fused-ring (bicyclic) bond motifs is 1. The molecule has 0 atom stereocenters. The quantitative estimate of drug-likeness (QED) is 0.488. The number of hydrogen-bond acceptors (Lipinski definition) is 6. The van der Waals surface area contributed by atoms with Crippen molar-refractivity contribution in [3.63, 3.8) is 0 Å². The maximum absolute atomic E-state index is 14.0. The average Bonchev–Trinajstić information content (AvgIpc) is 3.06. The van der Waals surface area contributed by atoms with Crippen molar-refractivity contribution in [3.8, 4) is 11.5 Å². The smallest absolute Gasteiger partial charge is 0.309 e. The molecule has 0 aliphatic heterocycles. The maximum Gasteiger partial charge on any atom is 0.309 e. The van der Waals surface area contributed by atoms with E-state index in [1.54, 1.807) is 30.3 Å². The Morgan fingerprint density at radius 3 is 2.54 bits per heavy atom. The number of nitrogens with two attached hydrogens (primary N) is 1. The van der Waals surface area contributed by atoms with Crippen LogP contribution in [0.5, 0.6) is 11.5 Å². The van der Waals surface area contributed by atoms with Crippen LogP contribution in [-0.2, 0) is 10.0 Å². The predicted molar refractivity (Wildman–Crippen MR) is 102 cm³/mol. The molecule has 4 rings (SSSR count). The van der Waals surface area contributed by atoms with Gasteiger partial charge in [0.2, 0.25) is 0 Å². The Morgan fingerprint density at radius 2 is 1.75 bits per heavy atom. The number of halogens is 1. The number of nitrogens with zero attached hydrogens (tertiary/aromatic N) is 1. The van der Waals surface area contributed by atoms with Crippen LogP contribution in [-0.4, -0.2) is 13.4 Å². The number of anilines is 2. The molecule has 0 amide bonds. The van der Waals surface area contributed by atoms with Gasteiger partial charge in [-0.3, -0.25) is 0 Å². The van der Waals surface area contributed by atoms with E-state index >= 15 is 0 Å². The zero-order chi connectivity index (χ0) is 19.7. The Morgan fingerprint density at radius 1 is 1.00 bits per heavy atom. The second kappa shape index (κ2) is 6.86. The second-order valence-electron chi connectivity index (χ2n) is 5.83.